The summed E-state index contributed by atoms with van der Waals surface area (Å²) in [6, 6.07) is 0. The van der Waals surface area contributed by atoms with Gasteiger partial charge in [0.2, 0.25) is 0 Å². The number of carbonyl (C=O) groups is 1. The van der Waals surface area contributed by atoms with Crippen LogP contribution in [0.2, 0.25) is 0 Å². The van der Waals surface area contributed by atoms with Gasteiger partial charge in [0.05, 0.1) is 11.7 Å². The molecule has 0 aromatic rings. The number of hydrogen-bond acceptors (Lipinski definition) is 4. The van der Waals surface area contributed by atoms with Crippen molar-refractivity contribution in [1.82, 2.24) is 5.06 Å². The molecule has 0 atom stereocenters. The molecule has 0 radical (unpaired) electrons. The predicted octanol–water partition coefficient (Wildman–Crippen LogP) is 4.41. The number of carbonyl (C=O) groups excluding carboxylic acids is 1. The van der Waals surface area contributed by atoms with Gasteiger partial charge in [-0.3, -0.25) is 9.63 Å². The first-order valence-corrected chi connectivity index (χ1v) is 9.67. The Morgan fingerprint density at radius 1 is 0.958 bits per heavy atom. The van der Waals surface area contributed by atoms with Crippen molar-refractivity contribution in [1.29, 1.82) is 0 Å². The third kappa shape index (κ3) is 3.30. The number of piperidine rings is 1. The lowest BCUT2D eigenvalue weighted by molar-refractivity contribution is -0.329. The van der Waals surface area contributed by atoms with E-state index in [1.54, 1.807) is 0 Å². The van der Waals surface area contributed by atoms with Gasteiger partial charge in [0.15, 0.2) is 5.78 Å². The number of nitrogens with zero attached hydrogens (tertiary/aromatic N) is 1. The molecule has 3 rings (SSSR count). The maximum Gasteiger partial charge on any atom is 0.167 e. The summed E-state index contributed by atoms with van der Waals surface area (Å²) in [5.41, 5.74) is -1.46. The number of ether oxygens (including phenoxy) is 1. The molecule has 2 aliphatic heterocycles. The molecule has 0 bridgehead atoms. The molecule has 0 amide bonds. The minimum Gasteiger partial charge on any atom is -0.361 e. The topological polar surface area (TPSA) is 38.8 Å². The van der Waals surface area contributed by atoms with Gasteiger partial charge in [0.25, 0.3) is 0 Å². The standard InChI is InChI=1S/C20H35NO3/c1-17(2)13-20(16(22)12-19(5,6)24-20)14-18(3,4)21(17)23-15-10-8-7-9-11-15/h15H,7-14H2,1-6H3. The second kappa shape index (κ2) is 5.78. The number of ketones is 1. The van der Waals surface area contributed by atoms with E-state index < -0.39 is 5.60 Å². The van der Waals surface area contributed by atoms with E-state index >= 15 is 0 Å². The van der Waals surface area contributed by atoms with Crippen LogP contribution in [-0.4, -0.2) is 39.2 Å². The second-order valence-corrected chi connectivity index (χ2v) is 10.1. The fourth-order valence-electron chi connectivity index (χ4n) is 5.47. The summed E-state index contributed by atoms with van der Waals surface area (Å²) in [5.74, 6) is 0.269. The van der Waals surface area contributed by atoms with Gasteiger partial charge in [0, 0.05) is 30.3 Å². The van der Waals surface area contributed by atoms with Gasteiger partial charge in [-0.1, -0.05) is 19.3 Å². The van der Waals surface area contributed by atoms with Crippen molar-refractivity contribution in [2.24, 2.45) is 0 Å². The van der Waals surface area contributed by atoms with Crippen LogP contribution < -0.4 is 0 Å². The zero-order chi connectivity index (χ0) is 17.8. The molecule has 4 nitrogen and oxygen atoms in total. The molecule has 1 aliphatic carbocycles. The SMILES string of the molecule is CC1(C)CC(=O)C2(CC(C)(C)N(OC3CCCCC3)C(C)(C)C2)O1. The van der Waals surface area contributed by atoms with E-state index in [4.69, 9.17) is 9.57 Å². The Balaban J connectivity index is 1.83. The number of Topliss-reactive ketones (excluding diaryl/α,β-unsaturated/α-hetero) is 1. The first-order chi connectivity index (χ1) is 11.0. The van der Waals surface area contributed by atoms with Crippen molar-refractivity contribution >= 4 is 5.78 Å². The molecule has 1 spiro atoms. The number of hydrogen-bond donors (Lipinski definition) is 0. The predicted molar refractivity (Wildman–Crippen MR) is 94.7 cm³/mol. The van der Waals surface area contributed by atoms with Gasteiger partial charge in [0.1, 0.15) is 5.60 Å². The fraction of sp³-hybridized carbons (Fsp3) is 0.950. The maximum absolute atomic E-state index is 12.9. The zero-order valence-electron chi connectivity index (χ0n) is 16.4. The van der Waals surface area contributed by atoms with Crippen LogP contribution in [0.25, 0.3) is 0 Å². The summed E-state index contributed by atoms with van der Waals surface area (Å²) in [6.45, 7) is 12.8. The molecule has 4 heteroatoms. The molecule has 138 valence electrons. The Morgan fingerprint density at radius 3 is 1.96 bits per heavy atom. The summed E-state index contributed by atoms with van der Waals surface area (Å²) in [4.78, 5) is 19.4. The van der Waals surface area contributed by atoms with Gasteiger partial charge in [-0.25, -0.2) is 0 Å². The van der Waals surface area contributed by atoms with Gasteiger partial charge in [-0.15, -0.1) is 0 Å². The highest BCUT2D eigenvalue weighted by molar-refractivity contribution is 5.90. The lowest BCUT2D eigenvalue weighted by Crippen LogP contribution is -2.67. The molecule has 0 aromatic heterocycles. The van der Waals surface area contributed by atoms with E-state index in [1.165, 1.54) is 19.3 Å². The van der Waals surface area contributed by atoms with Gasteiger partial charge in [-0.05, 0) is 54.4 Å². The van der Waals surface area contributed by atoms with Crippen molar-refractivity contribution in [3.05, 3.63) is 0 Å². The molecular weight excluding hydrogens is 302 g/mol. The minimum atomic E-state index is -0.650. The van der Waals surface area contributed by atoms with Crippen molar-refractivity contribution in [3.63, 3.8) is 0 Å². The quantitative estimate of drug-likeness (QED) is 0.748. The van der Waals surface area contributed by atoms with Crippen LogP contribution in [0.1, 0.15) is 92.9 Å². The summed E-state index contributed by atoms with van der Waals surface area (Å²) < 4.78 is 6.37. The second-order valence-electron chi connectivity index (χ2n) is 10.1. The van der Waals surface area contributed by atoms with E-state index in [1.807, 2.05) is 13.8 Å². The Kier molecular flexibility index (Phi) is 4.42. The Labute approximate surface area is 147 Å². The summed E-state index contributed by atoms with van der Waals surface area (Å²) in [6.07, 6.45) is 8.40. The van der Waals surface area contributed by atoms with Gasteiger partial charge < -0.3 is 4.74 Å². The third-order valence-electron chi connectivity index (χ3n) is 5.91. The lowest BCUT2D eigenvalue weighted by Gasteiger charge is -2.57. The van der Waals surface area contributed by atoms with E-state index in [2.05, 4.69) is 32.8 Å². The first kappa shape index (κ1) is 18.3. The largest absolute Gasteiger partial charge is 0.361 e. The monoisotopic (exact) mass is 337 g/mol. The third-order valence-corrected chi connectivity index (χ3v) is 5.91. The van der Waals surface area contributed by atoms with E-state index in [-0.39, 0.29) is 22.5 Å². The van der Waals surface area contributed by atoms with Crippen LogP contribution >= 0.6 is 0 Å². The molecular formula is C20H35NO3. The van der Waals surface area contributed by atoms with E-state index in [9.17, 15) is 4.79 Å². The zero-order valence-corrected chi connectivity index (χ0v) is 16.4. The average molecular weight is 338 g/mol. The van der Waals surface area contributed by atoms with Crippen molar-refractivity contribution in [2.45, 2.75) is 121 Å². The minimum absolute atomic E-state index is 0.227. The molecule has 0 N–H and O–H groups in total. The molecule has 2 heterocycles. The highest BCUT2D eigenvalue weighted by Crippen LogP contribution is 2.51. The normalized spacial score (nSPS) is 32.3. The maximum atomic E-state index is 12.9. The van der Waals surface area contributed by atoms with Crippen LogP contribution in [0, 0.1) is 0 Å². The van der Waals surface area contributed by atoms with Gasteiger partial charge >= 0.3 is 0 Å². The van der Waals surface area contributed by atoms with Crippen LogP contribution in [-0.2, 0) is 14.4 Å². The van der Waals surface area contributed by atoms with E-state index in [0.29, 0.717) is 25.4 Å². The average Bonchev–Trinajstić information content (AvgIpc) is 2.63. The van der Waals surface area contributed by atoms with Crippen LogP contribution in [0.15, 0.2) is 0 Å². The summed E-state index contributed by atoms with van der Waals surface area (Å²) in [5, 5.41) is 2.20. The van der Waals surface area contributed by atoms with Crippen molar-refractivity contribution in [2.75, 3.05) is 0 Å². The summed E-state index contributed by atoms with van der Waals surface area (Å²) in [7, 11) is 0. The number of rotatable bonds is 2. The van der Waals surface area contributed by atoms with Crippen LogP contribution in [0.5, 0.6) is 0 Å². The Bertz CT molecular complexity index is 485. The van der Waals surface area contributed by atoms with Crippen LogP contribution in [0.3, 0.4) is 0 Å². The Hall–Kier alpha value is -0.450. The van der Waals surface area contributed by atoms with Crippen molar-refractivity contribution in [3.8, 4) is 0 Å². The Morgan fingerprint density at radius 2 is 1.50 bits per heavy atom. The molecule has 2 saturated heterocycles. The molecule has 3 fully saturated rings. The molecule has 1 saturated carbocycles. The lowest BCUT2D eigenvalue weighted by atomic mass is 9.70. The molecule has 0 unspecified atom stereocenters. The molecule has 3 aliphatic rings. The van der Waals surface area contributed by atoms with Crippen LogP contribution in [0.4, 0.5) is 0 Å². The molecule has 0 aromatic carbocycles. The first-order valence-electron chi connectivity index (χ1n) is 9.67. The van der Waals surface area contributed by atoms with Crippen molar-refractivity contribution < 1.29 is 14.4 Å². The summed E-state index contributed by atoms with van der Waals surface area (Å²) >= 11 is 0. The fourth-order valence-corrected chi connectivity index (χ4v) is 5.47. The highest BCUT2D eigenvalue weighted by Gasteiger charge is 2.62. The van der Waals surface area contributed by atoms with E-state index in [0.717, 1.165) is 12.8 Å². The highest BCUT2D eigenvalue weighted by atomic mass is 16.7. The molecule has 24 heavy (non-hydrogen) atoms. The van der Waals surface area contributed by atoms with Gasteiger partial charge in [-0.2, -0.15) is 5.06 Å². The smallest absolute Gasteiger partial charge is 0.167 e. The number of hydroxylamine groups is 2.